The van der Waals surface area contributed by atoms with E-state index in [1.807, 2.05) is 10.9 Å². The van der Waals surface area contributed by atoms with Crippen LogP contribution in [0.2, 0.25) is 0 Å². The van der Waals surface area contributed by atoms with Crippen LogP contribution in [0.1, 0.15) is 18.5 Å². The maximum atomic E-state index is 4.00. The van der Waals surface area contributed by atoms with Crippen LogP contribution in [0, 0.1) is 5.92 Å². The topological polar surface area (TPSA) is 30.7 Å². The molecule has 1 aromatic heterocycles. The van der Waals surface area contributed by atoms with Gasteiger partial charge < -0.3 is 0 Å². The lowest BCUT2D eigenvalue weighted by molar-refractivity contribution is 0.531. The molecule has 1 aliphatic rings. The first kappa shape index (κ1) is 7.28. The van der Waals surface area contributed by atoms with E-state index in [9.17, 15) is 0 Å². The van der Waals surface area contributed by atoms with Gasteiger partial charge in [0.2, 0.25) is 0 Å². The van der Waals surface area contributed by atoms with Crippen molar-refractivity contribution in [2.24, 2.45) is 5.92 Å². The van der Waals surface area contributed by atoms with Crippen molar-refractivity contribution in [3.63, 3.8) is 0 Å². The summed E-state index contributed by atoms with van der Waals surface area (Å²) < 4.78 is 1.99. The zero-order chi connectivity index (χ0) is 7.68. The lowest BCUT2D eigenvalue weighted by Crippen LogP contribution is -2.05. The smallest absolute Gasteiger partial charge is 0.0733 e. The van der Waals surface area contributed by atoms with E-state index in [-0.39, 0.29) is 0 Å². The largest absolute Gasteiger partial charge is 0.248 e. The third-order valence-corrected chi connectivity index (χ3v) is 2.54. The van der Waals surface area contributed by atoms with Gasteiger partial charge in [-0.05, 0) is 18.8 Å². The van der Waals surface area contributed by atoms with Crippen LogP contribution in [0.25, 0.3) is 0 Å². The molecule has 1 aliphatic carbocycles. The van der Waals surface area contributed by atoms with E-state index in [4.69, 9.17) is 0 Å². The number of alkyl halides is 1. The molecule has 4 heteroatoms. The Kier molecular flexibility index (Phi) is 1.94. The zero-order valence-electron chi connectivity index (χ0n) is 6.20. The SMILES string of the molecule is BrCc1cnnn1CC1CC1. The molecule has 3 nitrogen and oxygen atoms in total. The average Bonchev–Trinajstić information content (AvgIpc) is 2.68. The first-order chi connectivity index (χ1) is 5.40. The molecule has 1 saturated carbocycles. The maximum Gasteiger partial charge on any atom is 0.0733 e. The van der Waals surface area contributed by atoms with E-state index in [1.54, 1.807) is 0 Å². The van der Waals surface area contributed by atoms with Crippen LogP contribution in [0.3, 0.4) is 0 Å². The third-order valence-electron chi connectivity index (χ3n) is 1.96. The fraction of sp³-hybridized carbons (Fsp3) is 0.714. The standard InChI is InChI=1S/C7H10BrN3/c8-3-7-4-9-10-11(7)5-6-1-2-6/h4,6H,1-3,5H2. The van der Waals surface area contributed by atoms with E-state index in [0.29, 0.717) is 0 Å². The molecule has 60 valence electrons. The van der Waals surface area contributed by atoms with Gasteiger partial charge in [0.1, 0.15) is 0 Å². The molecule has 0 atom stereocenters. The fourth-order valence-electron chi connectivity index (χ4n) is 1.08. The molecule has 0 unspecified atom stereocenters. The molecule has 0 radical (unpaired) electrons. The number of rotatable bonds is 3. The number of hydrogen-bond acceptors (Lipinski definition) is 2. The summed E-state index contributed by atoms with van der Waals surface area (Å²) >= 11 is 3.40. The van der Waals surface area contributed by atoms with Crippen molar-refractivity contribution in [3.8, 4) is 0 Å². The van der Waals surface area contributed by atoms with Gasteiger partial charge in [0.15, 0.2) is 0 Å². The molecule has 2 rings (SSSR count). The van der Waals surface area contributed by atoms with Crippen molar-refractivity contribution in [1.29, 1.82) is 0 Å². The molecule has 0 aliphatic heterocycles. The van der Waals surface area contributed by atoms with E-state index in [2.05, 4.69) is 26.2 Å². The average molecular weight is 216 g/mol. The van der Waals surface area contributed by atoms with E-state index < -0.39 is 0 Å². The summed E-state index contributed by atoms with van der Waals surface area (Å²) in [5.74, 6) is 0.870. The summed E-state index contributed by atoms with van der Waals surface area (Å²) in [7, 11) is 0. The molecular weight excluding hydrogens is 206 g/mol. The monoisotopic (exact) mass is 215 g/mol. The molecule has 0 aromatic carbocycles. The lowest BCUT2D eigenvalue weighted by Gasteiger charge is -2.00. The summed E-state index contributed by atoms with van der Waals surface area (Å²) in [4.78, 5) is 0. The normalized spacial score (nSPS) is 17.2. The van der Waals surface area contributed by atoms with Gasteiger partial charge in [-0.2, -0.15) is 0 Å². The van der Waals surface area contributed by atoms with E-state index in [1.165, 1.54) is 18.5 Å². The predicted molar refractivity (Wildman–Crippen MR) is 45.4 cm³/mol. The first-order valence-electron chi connectivity index (χ1n) is 3.83. The van der Waals surface area contributed by atoms with Gasteiger partial charge in [0, 0.05) is 11.9 Å². The minimum Gasteiger partial charge on any atom is -0.248 e. The molecule has 1 aromatic rings. The van der Waals surface area contributed by atoms with Crippen LogP contribution in [0.5, 0.6) is 0 Å². The summed E-state index contributed by atoms with van der Waals surface area (Å²) in [6, 6.07) is 0. The highest BCUT2D eigenvalue weighted by Crippen LogP contribution is 2.30. The van der Waals surface area contributed by atoms with Crippen molar-refractivity contribution in [3.05, 3.63) is 11.9 Å². The Balaban J connectivity index is 2.07. The Labute approximate surface area is 73.9 Å². The van der Waals surface area contributed by atoms with Gasteiger partial charge in [-0.1, -0.05) is 21.1 Å². The highest BCUT2D eigenvalue weighted by Gasteiger charge is 2.22. The first-order valence-corrected chi connectivity index (χ1v) is 4.95. The Morgan fingerprint density at radius 3 is 3.09 bits per heavy atom. The molecule has 11 heavy (non-hydrogen) atoms. The van der Waals surface area contributed by atoms with Crippen LogP contribution in [0.15, 0.2) is 6.20 Å². The zero-order valence-corrected chi connectivity index (χ0v) is 7.79. The number of halogens is 1. The number of aromatic nitrogens is 3. The van der Waals surface area contributed by atoms with Crippen molar-refractivity contribution in [2.45, 2.75) is 24.7 Å². The van der Waals surface area contributed by atoms with Gasteiger partial charge >= 0.3 is 0 Å². The van der Waals surface area contributed by atoms with E-state index in [0.717, 1.165) is 17.8 Å². The summed E-state index contributed by atoms with van der Waals surface area (Å²) in [6.45, 7) is 1.06. The van der Waals surface area contributed by atoms with Crippen LogP contribution < -0.4 is 0 Å². The van der Waals surface area contributed by atoms with Crippen LogP contribution >= 0.6 is 15.9 Å². The maximum absolute atomic E-state index is 4.00. The minimum absolute atomic E-state index is 0.854. The molecule has 1 fully saturated rings. The lowest BCUT2D eigenvalue weighted by atomic mass is 10.4. The molecule has 1 heterocycles. The fourth-order valence-corrected chi connectivity index (χ4v) is 1.52. The highest BCUT2D eigenvalue weighted by atomic mass is 79.9. The Hall–Kier alpha value is -0.380. The van der Waals surface area contributed by atoms with Crippen molar-refractivity contribution in [1.82, 2.24) is 15.0 Å². The van der Waals surface area contributed by atoms with Crippen molar-refractivity contribution in [2.75, 3.05) is 0 Å². The third kappa shape index (κ3) is 1.61. The predicted octanol–water partition coefficient (Wildman–Crippen LogP) is 1.58. The van der Waals surface area contributed by atoms with Gasteiger partial charge in [0.05, 0.1) is 11.9 Å². The molecule has 0 saturated heterocycles. The van der Waals surface area contributed by atoms with E-state index >= 15 is 0 Å². The van der Waals surface area contributed by atoms with Crippen molar-refractivity contribution < 1.29 is 0 Å². The van der Waals surface area contributed by atoms with Crippen LogP contribution in [0.4, 0.5) is 0 Å². The number of hydrogen-bond donors (Lipinski definition) is 0. The van der Waals surface area contributed by atoms with Crippen molar-refractivity contribution >= 4 is 15.9 Å². The highest BCUT2D eigenvalue weighted by molar-refractivity contribution is 9.08. The Morgan fingerprint density at radius 2 is 2.45 bits per heavy atom. The Morgan fingerprint density at radius 1 is 1.64 bits per heavy atom. The molecule has 0 spiro atoms. The summed E-state index contributed by atoms with van der Waals surface area (Å²) in [6.07, 6.45) is 4.54. The quantitative estimate of drug-likeness (QED) is 0.718. The summed E-state index contributed by atoms with van der Waals surface area (Å²) in [5, 5.41) is 8.71. The second kappa shape index (κ2) is 2.93. The minimum atomic E-state index is 0.854. The Bertz CT molecular complexity index is 242. The molecule has 0 N–H and O–H groups in total. The van der Waals surface area contributed by atoms with Crippen LogP contribution in [-0.4, -0.2) is 15.0 Å². The molecular formula is C7H10BrN3. The van der Waals surface area contributed by atoms with Gasteiger partial charge in [0.25, 0.3) is 0 Å². The van der Waals surface area contributed by atoms with Gasteiger partial charge in [-0.25, -0.2) is 4.68 Å². The number of nitrogens with zero attached hydrogens (tertiary/aromatic N) is 3. The van der Waals surface area contributed by atoms with Gasteiger partial charge in [-0.3, -0.25) is 0 Å². The second-order valence-electron chi connectivity index (χ2n) is 2.98. The molecule has 0 bridgehead atoms. The molecule has 0 amide bonds. The second-order valence-corrected chi connectivity index (χ2v) is 3.55. The van der Waals surface area contributed by atoms with Crippen LogP contribution in [-0.2, 0) is 11.9 Å². The van der Waals surface area contributed by atoms with Gasteiger partial charge in [-0.15, -0.1) is 5.10 Å². The summed E-state index contributed by atoms with van der Waals surface area (Å²) in [5.41, 5.74) is 1.18.